The summed E-state index contributed by atoms with van der Waals surface area (Å²) in [4.78, 5) is 4.51. The number of nitrogens with one attached hydrogen (secondary N) is 1. The van der Waals surface area contributed by atoms with Crippen molar-refractivity contribution in [1.82, 2.24) is 14.6 Å². The molecule has 3 rings (SSSR count). The highest BCUT2D eigenvalue weighted by Gasteiger charge is 2.26. The zero-order chi connectivity index (χ0) is 13.3. The van der Waals surface area contributed by atoms with Gasteiger partial charge in [0, 0.05) is 12.7 Å². The van der Waals surface area contributed by atoms with E-state index in [2.05, 4.69) is 35.3 Å². The summed E-state index contributed by atoms with van der Waals surface area (Å²) in [6.45, 7) is 5.42. The van der Waals surface area contributed by atoms with Crippen molar-refractivity contribution in [3.8, 4) is 0 Å². The molecule has 4 heteroatoms. The number of aryl methyl sites for hydroxylation is 1. The molecule has 0 aromatic carbocycles. The van der Waals surface area contributed by atoms with Gasteiger partial charge in [0.2, 0.25) is 5.95 Å². The summed E-state index contributed by atoms with van der Waals surface area (Å²) in [5, 5.41) is 7.90. The van der Waals surface area contributed by atoms with Crippen molar-refractivity contribution in [2.45, 2.75) is 46.0 Å². The molecular formula is C15H22N4. The number of hydrogen-bond acceptors (Lipinski definition) is 3. The minimum atomic E-state index is 0.408. The Bertz CT molecular complexity index is 567. The van der Waals surface area contributed by atoms with E-state index in [0.717, 1.165) is 18.1 Å². The van der Waals surface area contributed by atoms with Gasteiger partial charge in [0.15, 0.2) is 5.65 Å². The molecule has 1 fully saturated rings. The van der Waals surface area contributed by atoms with Crippen LogP contribution in [0.4, 0.5) is 5.95 Å². The molecule has 0 spiro atoms. The van der Waals surface area contributed by atoms with Gasteiger partial charge in [-0.3, -0.25) is 0 Å². The number of pyridine rings is 1. The van der Waals surface area contributed by atoms with Crippen molar-refractivity contribution in [3.63, 3.8) is 0 Å². The average molecular weight is 258 g/mol. The van der Waals surface area contributed by atoms with Crippen LogP contribution in [0.2, 0.25) is 0 Å². The van der Waals surface area contributed by atoms with Gasteiger partial charge in [-0.25, -0.2) is 4.52 Å². The molecule has 1 aliphatic rings. The summed E-state index contributed by atoms with van der Waals surface area (Å²) in [6, 6.07) is 4.08. The molecule has 0 unspecified atom stereocenters. The number of rotatable bonds is 3. The lowest BCUT2D eigenvalue weighted by Crippen LogP contribution is -2.29. The van der Waals surface area contributed by atoms with Gasteiger partial charge in [-0.1, -0.05) is 32.3 Å². The fourth-order valence-corrected chi connectivity index (χ4v) is 2.94. The highest BCUT2D eigenvalue weighted by molar-refractivity contribution is 5.44. The van der Waals surface area contributed by atoms with Crippen molar-refractivity contribution in [3.05, 3.63) is 23.9 Å². The molecule has 1 aliphatic carbocycles. The summed E-state index contributed by atoms with van der Waals surface area (Å²) in [7, 11) is 0. The average Bonchev–Trinajstić information content (AvgIpc) is 2.79. The van der Waals surface area contributed by atoms with Gasteiger partial charge < -0.3 is 5.32 Å². The Morgan fingerprint density at radius 3 is 2.84 bits per heavy atom. The predicted octanol–water partition coefficient (Wildman–Crippen LogP) is 3.42. The van der Waals surface area contributed by atoms with E-state index >= 15 is 0 Å². The van der Waals surface area contributed by atoms with E-state index in [9.17, 15) is 0 Å². The van der Waals surface area contributed by atoms with Crippen LogP contribution in [0.25, 0.3) is 5.65 Å². The van der Waals surface area contributed by atoms with Gasteiger partial charge in [-0.15, -0.1) is 5.10 Å². The summed E-state index contributed by atoms with van der Waals surface area (Å²) in [5.41, 5.74) is 2.51. The third-order valence-corrected chi connectivity index (χ3v) is 4.21. The molecule has 0 aliphatic heterocycles. The largest absolute Gasteiger partial charge is 0.352 e. The monoisotopic (exact) mass is 258 g/mol. The third-order valence-electron chi connectivity index (χ3n) is 4.21. The van der Waals surface area contributed by atoms with Crippen LogP contribution in [-0.4, -0.2) is 21.1 Å². The van der Waals surface area contributed by atoms with Crippen molar-refractivity contribution in [2.24, 2.45) is 5.41 Å². The smallest absolute Gasteiger partial charge is 0.243 e. The van der Waals surface area contributed by atoms with Gasteiger partial charge in [0.1, 0.15) is 0 Å². The van der Waals surface area contributed by atoms with Gasteiger partial charge in [0.05, 0.1) is 0 Å². The van der Waals surface area contributed by atoms with Crippen molar-refractivity contribution in [1.29, 1.82) is 0 Å². The molecule has 19 heavy (non-hydrogen) atoms. The molecule has 0 radical (unpaired) electrons. The quantitative estimate of drug-likeness (QED) is 0.917. The molecule has 4 nitrogen and oxygen atoms in total. The Labute approximate surface area is 114 Å². The Kier molecular flexibility index (Phi) is 3.17. The number of anilines is 1. The Balaban J connectivity index is 1.71. The van der Waals surface area contributed by atoms with E-state index in [1.165, 1.54) is 37.7 Å². The first kappa shape index (κ1) is 12.5. The third kappa shape index (κ3) is 2.72. The van der Waals surface area contributed by atoms with E-state index < -0.39 is 0 Å². The van der Waals surface area contributed by atoms with E-state index in [0.29, 0.717) is 5.41 Å². The van der Waals surface area contributed by atoms with Crippen LogP contribution in [0.3, 0.4) is 0 Å². The summed E-state index contributed by atoms with van der Waals surface area (Å²) in [5.74, 6) is 0.748. The highest BCUT2D eigenvalue weighted by Crippen LogP contribution is 2.35. The fraction of sp³-hybridized carbons (Fsp3) is 0.600. The minimum Gasteiger partial charge on any atom is -0.352 e. The number of fused-ring (bicyclic) bond motifs is 1. The predicted molar refractivity (Wildman–Crippen MR) is 77.4 cm³/mol. The second-order valence-corrected chi connectivity index (χ2v) is 6.17. The lowest BCUT2D eigenvalue weighted by molar-refractivity contribution is 0.233. The number of nitrogens with zero attached hydrogens (tertiary/aromatic N) is 3. The standard InChI is InChI=1S/C15H22N4/c1-12-6-7-13-17-14(18-19(13)10-12)16-11-15(2)8-4-3-5-9-15/h6-7,10H,3-5,8-9,11H2,1-2H3,(H,16,18). The molecule has 1 saturated carbocycles. The van der Waals surface area contributed by atoms with Crippen LogP contribution in [-0.2, 0) is 0 Å². The van der Waals surface area contributed by atoms with E-state index in [1.807, 2.05) is 16.8 Å². The molecule has 0 bridgehead atoms. The maximum atomic E-state index is 4.51. The lowest BCUT2D eigenvalue weighted by atomic mass is 9.76. The summed E-state index contributed by atoms with van der Waals surface area (Å²) < 4.78 is 1.85. The van der Waals surface area contributed by atoms with E-state index in [-0.39, 0.29) is 0 Å². The van der Waals surface area contributed by atoms with Crippen LogP contribution in [0.1, 0.15) is 44.6 Å². The van der Waals surface area contributed by atoms with Crippen LogP contribution in [0.5, 0.6) is 0 Å². The van der Waals surface area contributed by atoms with Gasteiger partial charge >= 0.3 is 0 Å². The second kappa shape index (κ2) is 4.83. The van der Waals surface area contributed by atoms with E-state index in [1.54, 1.807) is 0 Å². The molecular weight excluding hydrogens is 236 g/mol. The maximum absolute atomic E-state index is 4.51. The number of hydrogen-bond donors (Lipinski definition) is 1. The molecule has 2 heterocycles. The molecule has 0 saturated heterocycles. The lowest BCUT2D eigenvalue weighted by Gasteiger charge is -2.33. The molecule has 102 valence electrons. The molecule has 2 aromatic heterocycles. The van der Waals surface area contributed by atoms with E-state index in [4.69, 9.17) is 0 Å². The molecule has 1 N–H and O–H groups in total. The van der Waals surface area contributed by atoms with Gasteiger partial charge in [0.25, 0.3) is 0 Å². The molecule has 0 atom stereocenters. The summed E-state index contributed by atoms with van der Waals surface area (Å²) in [6.07, 6.45) is 8.74. The highest BCUT2D eigenvalue weighted by atomic mass is 15.3. The number of aromatic nitrogens is 3. The van der Waals surface area contributed by atoms with Crippen molar-refractivity contribution >= 4 is 11.6 Å². The first-order valence-electron chi connectivity index (χ1n) is 7.22. The molecule has 0 amide bonds. The Hall–Kier alpha value is -1.58. The maximum Gasteiger partial charge on any atom is 0.243 e. The normalized spacial score (nSPS) is 18.6. The van der Waals surface area contributed by atoms with Crippen molar-refractivity contribution in [2.75, 3.05) is 11.9 Å². The van der Waals surface area contributed by atoms with Gasteiger partial charge in [-0.2, -0.15) is 4.98 Å². The second-order valence-electron chi connectivity index (χ2n) is 6.17. The summed E-state index contributed by atoms with van der Waals surface area (Å²) >= 11 is 0. The molecule has 2 aromatic rings. The first-order chi connectivity index (χ1) is 9.15. The zero-order valence-electron chi connectivity index (χ0n) is 11.8. The minimum absolute atomic E-state index is 0.408. The van der Waals surface area contributed by atoms with Gasteiger partial charge in [-0.05, 0) is 36.8 Å². The Morgan fingerprint density at radius 2 is 2.05 bits per heavy atom. The first-order valence-corrected chi connectivity index (χ1v) is 7.22. The fourth-order valence-electron chi connectivity index (χ4n) is 2.94. The van der Waals surface area contributed by atoms with Crippen LogP contribution < -0.4 is 5.32 Å². The zero-order valence-corrected chi connectivity index (χ0v) is 11.8. The van der Waals surface area contributed by atoms with Crippen LogP contribution >= 0.6 is 0 Å². The van der Waals surface area contributed by atoms with Crippen LogP contribution in [0.15, 0.2) is 18.3 Å². The Morgan fingerprint density at radius 1 is 1.26 bits per heavy atom. The van der Waals surface area contributed by atoms with Crippen LogP contribution in [0, 0.1) is 12.3 Å². The van der Waals surface area contributed by atoms with Crippen molar-refractivity contribution < 1.29 is 0 Å². The SMILES string of the molecule is Cc1ccc2nc(NCC3(C)CCCCC3)nn2c1. The topological polar surface area (TPSA) is 42.2 Å².